The van der Waals surface area contributed by atoms with Crippen molar-refractivity contribution in [2.45, 2.75) is 51.4 Å². The molecule has 3 N–H and O–H groups in total. The fourth-order valence-electron chi connectivity index (χ4n) is 4.92. The highest BCUT2D eigenvalue weighted by Crippen LogP contribution is 2.32. The van der Waals surface area contributed by atoms with Gasteiger partial charge in [0.2, 0.25) is 11.7 Å². The maximum absolute atomic E-state index is 12.8. The van der Waals surface area contributed by atoms with Crippen LogP contribution in [-0.4, -0.2) is 89.0 Å². The van der Waals surface area contributed by atoms with E-state index in [1.807, 2.05) is 13.0 Å². The number of hydrogen-bond acceptors (Lipinski definition) is 10. The highest BCUT2D eigenvalue weighted by atomic mass is 32.1. The molecule has 3 unspecified atom stereocenters. The Balaban J connectivity index is 1.42. The lowest BCUT2D eigenvalue weighted by Gasteiger charge is -2.35. The first-order valence-electron chi connectivity index (χ1n) is 13.2. The number of aliphatic hydroxyl groups excluding tert-OH is 1. The Morgan fingerprint density at radius 2 is 2.10 bits per heavy atom. The summed E-state index contributed by atoms with van der Waals surface area (Å²) in [5.41, 5.74) is 2.00. The van der Waals surface area contributed by atoms with Crippen molar-refractivity contribution in [2.75, 3.05) is 39.5 Å². The number of ketones is 1. The number of carbonyl (C=O) groups is 3. The molecule has 4 atom stereocenters. The number of hydrogen-bond donors (Lipinski definition) is 3. The number of Topliss-reactive ketones (excluding diaryl/α,β-unsaturated/α-hetero) is 1. The zero-order valence-electron chi connectivity index (χ0n) is 22.9. The first-order valence-corrected chi connectivity index (χ1v) is 14.0. The third kappa shape index (κ3) is 7.46. The van der Waals surface area contributed by atoms with E-state index >= 15 is 0 Å². The molecule has 2 amide bonds. The summed E-state index contributed by atoms with van der Waals surface area (Å²) >= 11 is 1.46. The molecule has 2 aromatic rings. The van der Waals surface area contributed by atoms with Crippen molar-refractivity contribution in [2.24, 2.45) is 16.8 Å². The molecular weight excluding hydrogens is 518 g/mol. The van der Waals surface area contributed by atoms with E-state index in [0.29, 0.717) is 30.1 Å². The molecule has 39 heavy (non-hydrogen) atoms. The monoisotopic (exact) mass is 555 g/mol. The number of thiazole rings is 1. The lowest BCUT2D eigenvalue weighted by atomic mass is 9.77. The molecule has 1 fully saturated rings. The van der Waals surface area contributed by atoms with Crippen molar-refractivity contribution in [3.8, 4) is 0 Å². The number of aryl methyl sites for hydroxylation is 1. The van der Waals surface area contributed by atoms with Crippen LogP contribution in [0, 0.1) is 18.8 Å². The number of aromatic nitrogens is 2. The van der Waals surface area contributed by atoms with E-state index in [0.717, 1.165) is 35.6 Å². The van der Waals surface area contributed by atoms with Crippen LogP contribution in [0.5, 0.6) is 0 Å². The van der Waals surface area contributed by atoms with E-state index in [1.165, 1.54) is 11.3 Å². The van der Waals surface area contributed by atoms with Gasteiger partial charge >= 0.3 is 0 Å². The van der Waals surface area contributed by atoms with Crippen LogP contribution in [0.2, 0.25) is 0 Å². The minimum absolute atomic E-state index is 0.0151. The minimum Gasteiger partial charge on any atom is -0.366 e. The maximum Gasteiger partial charge on any atom is 0.289 e. The van der Waals surface area contributed by atoms with E-state index in [4.69, 9.17) is 0 Å². The van der Waals surface area contributed by atoms with Gasteiger partial charge in [-0.1, -0.05) is 6.07 Å². The van der Waals surface area contributed by atoms with Crippen LogP contribution >= 0.6 is 11.3 Å². The number of pyridine rings is 1. The molecule has 2 aromatic heterocycles. The fraction of sp³-hybridized carbons (Fsp3) is 0.556. The Morgan fingerprint density at radius 1 is 1.31 bits per heavy atom. The lowest BCUT2D eigenvalue weighted by molar-refractivity contribution is -0.138. The Kier molecular flexibility index (Phi) is 9.41. The summed E-state index contributed by atoms with van der Waals surface area (Å²) in [5, 5.41) is 17.0. The number of amides is 2. The van der Waals surface area contributed by atoms with Crippen LogP contribution < -0.4 is 10.6 Å². The van der Waals surface area contributed by atoms with Crippen molar-refractivity contribution in [3.63, 3.8) is 0 Å². The van der Waals surface area contributed by atoms with Crippen LogP contribution in [0.3, 0.4) is 0 Å². The summed E-state index contributed by atoms with van der Waals surface area (Å²) < 4.78 is 0. The van der Waals surface area contributed by atoms with Crippen molar-refractivity contribution >= 4 is 41.0 Å². The van der Waals surface area contributed by atoms with E-state index in [9.17, 15) is 19.5 Å². The predicted molar refractivity (Wildman–Crippen MR) is 150 cm³/mol. The molecule has 0 saturated heterocycles. The average Bonchev–Trinajstić information content (AvgIpc) is 3.34. The fourth-order valence-corrected chi connectivity index (χ4v) is 6.05. The molecule has 1 aliphatic carbocycles. The van der Waals surface area contributed by atoms with Gasteiger partial charge in [0, 0.05) is 68.8 Å². The molecule has 11 nitrogen and oxygen atoms in total. The zero-order chi connectivity index (χ0) is 28.1. The molecule has 0 bridgehead atoms. The third-order valence-electron chi connectivity index (χ3n) is 7.18. The van der Waals surface area contributed by atoms with Gasteiger partial charge in [-0.15, -0.1) is 11.3 Å². The summed E-state index contributed by atoms with van der Waals surface area (Å²) in [6.07, 6.45) is 4.57. The van der Waals surface area contributed by atoms with Crippen molar-refractivity contribution in [1.82, 2.24) is 25.1 Å². The van der Waals surface area contributed by atoms with Gasteiger partial charge in [-0.05, 0) is 44.9 Å². The maximum atomic E-state index is 12.8. The largest absolute Gasteiger partial charge is 0.366 e. The first-order chi connectivity index (χ1) is 18.6. The molecule has 12 heteroatoms. The van der Waals surface area contributed by atoms with Crippen LogP contribution in [0.4, 0.5) is 5.82 Å². The number of aliphatic hydroxyl groups is 1. The van der Waals surface area contributed by atoms with Gasteiger partial charge in [0.1, 0.15) is 10.8 Å². The summed E-state index contributed by atoms with van der Waals surface area (Å²) in [5.74, 6) is -1.34. The molecule has 1 saturated carbocycles. The highest BCUT2D eigenvalue weighted by Gasteiger charge is 2.35. The number of fused-ring (bicyclic) bond motifs is 1. The second-order valence-electron chi connectivity index (χ2n) is 10.6. The Morgan fingerprint density at radius 3 is 2.82 bits per heavy atom. The smallest absolute Gasteiger partial charge is 0.289 e. The van der Waals surface area contributed by atoms with Crippen molar-refractivity contribution in [3.05, 3.63) is 39.5 Å². The summed E-state index contributed by atoms with van der Waals surface area (Å²) in [7, 11) is 5.50. The van der Waals surface area contributed by atoms with Gasteiger partial charge in [0.05, 0.1) is 12.2 Å². The molecule has 210 valence electrons. The van der Waals surface area contributed by atoms with Crippen LogP contribution in [-0.2, 0) is 27.3 Å². The Labute approximate surface area is 232 Å². The van der Waals surface area contributed by atoms with Gasteiger partial charge in [-0.25, -0.2) is 9.97 Å². The molecule has 3 heterocycles. The van der Waals surface area contributed by atoms with Crippen LogP contribution in [0.15, 0.2) is 23.3 Å². The van der Waals surface area contributed by atoms with E-state index < -0.39 is 17.9 Å². The SMILES string of the molecule is Cc1ccc(NCC(=O)C(=O)N[C@H]2CCC(C(=O)N(C)C)CC2C=NC(O)c2nc3c(s2)CN(C)CC3)nc1. The van der Waals surface area contributed by atoms with Crippen molar-refractivity contribution in [1.29, 1.82) is 0 Å². The standard InChI is InChI=1S/C27H37N7O4S/c1-16-5-8-23(28-12-16)29-14-21(35)24(36)31-19-7-6-17(27(38)33(2)3)11-18(19)13-30-25(37)26-32-20-9-10-34(4)15-22(20)39-26/h5,8,12-13,17-19,25,37H,6-7,9-11,14-15H2,1-4H3,(H,28,29)(H,31,36)/t17?,18?,19-,25?/m0/s1. The minimum atomic E-state index is -1.12. The Hall–Kier alpha value is -3.22. The van der Waals surface area contributed by atoms with Gasteiger partial charge in [-0.3, -0.25) is 19.4 Å². The Bertz CT molecular complexity index is 1210. The topological polar surface area (TPSA) is 140 Å². The van der Waals surface area contributed by atoms with Gasteiger partial charge < -0.3 is 25.5 Å². The normalized spacial score (nSPS) is 22.2. The number of nitrogens with one attached hydrogen (secondary N) is 2. The van der Waals surface area contributed by atoms with Gasteiger partial charge in [0.25, 0.3) is 5.91 Å². The van der Waals surface area contributed by atoms with E-state index in [2.05, 4.69) is 37.5 Å². The van der Waals surface area contributed by atoms with Gasteiger partial charge in [-0.2, -0.15) is 0 Å². The molecule has 1 aliphatic heterocycles. The third-order valence-corrected chi connectivity index (χ3v) is 8.30. The number of rotatable bonds is 9. The van der Waals surface area contributed by atoms with E-state index in [-0.39, 0.29) is 30.3 Å². The number of aliphatic imine (C=N–C) groups is 1. The second kappa shape index (κ2) is 12.8. The van der Waals surface area contributed by atoms with Crippen LogP contribution in [0.1, 0.15) is 46.6 Å². The molecule has 0 aromatic carbocycles. The summed E-state index contributed by atoms with van der Waals surface area (Å²) in [4.78, 5) is 56.1. The lowest BCUT2D eigenvalue weighted by Crippen LogP contribution is -2.49. The van der Waals surface area contributed by atoms with E-state index in [1.54, 1.807) is 37.5 Å². The predicted octanol–water partition coefficient (Wildman–Crippen LogP) is 1.57. The number of anilines is 1. The van der Waals surface area contributed by atoms with Gasteiger partial charge in [0.15, 0.2) is 6.23 Å². The molecule has 0 radical (unpaired) electrons. The molecule has 0 spiro atoms. The quantitative estimate of drug-likeness (QED) is 0.313. The highest BCUT2D eigenvalue weighted by molar-refractivity contribution is 7.11. The molecular formula is C27H37N7O4S. The molecule has 2 aliphatic rings. The first kappa shape index (κ1) is 28.8. The molecule has 4 rings (SSSR count). The van der Waals surface area contributed by atoms with Crippen molar-refractivity contribution < 1.29 is 19.5 Å². The average molecular weight is 556 g/mol. The second-order valence-corrected chi connectivity index (χ2v) is 11.7. The number of likely N-dealkylation sites (N-methyl/N-ethyl adjacent to an activating group) is 1. The summed E-state index contributed by atoms with van der Waals surface area (Å²) in [6.45, 7) is 3.46. The summed E-state index contributed by atoms with van der Waals surface area (Å²) in [6, 6.07) is 3.23. The number of nitrogens with zero attached hydrogens (tertiary/aromatic N) is 5. The number of carbonyl (C=O) groups excluding carboxylic acids is 3. The van der Waals surface area contributed by atoms with Crippen LogP contribution in [0.25, 0.3) is 0 Å². The zero-order valence-corrected chi connectivity index (χ0v) is 23.7.